The molecule has 4 heterocycles. The van der Waals surface area contributed by atoms with Crippen molar-refractivity contribution in [2.75, 3.05) is 13.1 Å². The molecular weight excluding hydrogens is 378 g/mol. The molecular formula is C23H27N5O2. The van der Waals surface area contributed by atoms with E-state index in [1.54, 1.807) is 6.20 Å². The van der Waals surface area contributed by atoms with Gasteiger partial charge in [-0.15, -0.1) is 0 Å². The van der Waals surface area contributed by atoms with E-state index < -0.39 is 0 Å². The lowest BCUT2D eigenvalue weighted by Gasteiger charge is -2.32. The molecule has 7 heteroatoms. The van der Waals surface area contributed by atoms with Crippen LogP contribution in [0.3, 0.4) is 0 Å². The second kappa shape index (κ2) is 9.63. The second-order valence-electron chi connectivity index (χ2n) is 7.69. The van der Waals surface area contributed by atoms with E-state index in [-0.39, 0.29) is 5.91 Å². The number of aryl methyl sites for hydroxylation is 1. The predicted octanol–water partition coefficient (Wildman–Crippen LogP) is 3.34. The standard InChI is InChI=1S/C23H27N5O2/c1-2-19-12-21(30-27-19)14-26-23(29)17-8-9-22(25-13-17)18-6-5-11-28(15-18)16-20-7-3-4-10-24-20/h3-4,7-10,12-13,18H,2,5-6,11,14-16H2,1H3,(H,26,29). The maximum absolute atomic E-state index is 12.4. The van der Waals surface area contributed by atoms with E-state index in [1.165, 1.54) is 0 Å². The Morgan fingerprint density at radius 2 is 2.17 bits per heavy atom. The van der Waals surface area contributed by atoms with E-state index in [1.807, 2.05) is 43.5 Å². The molecule has 1 fully saturated rings. The van der Waals surface area contributed by atoms with E-state index in [9.17, 15) is 4.79 Å². The van der Waals surface area contributed by atoms with Crippen LogP contribution in [0.15, 0.2) is 53.3 Å². The Morgan fingerprint density at radius 1 is 1.23 bits per heavy atom. The molecule has 0 saturated carbocycles. The molecule has 0 aromatic carbocycles. The van der Waals surface area contributed by atoms with Gasteiger partial charge in [-0.3, -0.25) is 19.7 Å². The van der Waals surface area contributed by atoms with Gasteiger partial charge in [0, 0.05) is 43.2 Å². The van der Waals surface area contributed by atoms with Crippen LogP contribution in [0, 0.1) is 0 Å². The first kappa shape index (κ1) is 20.2. The average molecular weight is 406 g/mol. The molecule has 4 rings (SSSR count). The second-order valence-corrected chi connectivity index (χ2v) is 7.69. The zero-order valence-electron chi connectivity index (χ0n) is 17.3. The summed E-state index contributed by atoms with van der Waals surface area (Å²) >= 11 is 0. The molecule has 0 bridgehead atoms. The highest BCUT2D eigenvalue weighted by atomic mass is 16.5. The third kappa shape index (κ3) is 5.10. The molecule has 1 atom stereocenters. The molecule has 30 heavy (non-hydrogen) atoms. The summed E-state index contributed by atoms with van der Waals surface area (Å²) in [6, 6.07) is 11.7. The van der Waals surface area contributed by atoms with Gasteiger partial charge in [0.1, 0.15) is 0 Å². The van der Waals surface area contributed by atoms with Crippen molar-refractivity contribution in [2.24, 2.45) is 0 Å². The Labute approximate surface area is 176 Å². The number of hydrogen-bond donors (Lipinski definition) is 1. The van der Waals surface area contributed by atoms with Gasteiger partial charge in [0.25, 0.3) is 5.91 Å². The Hall–Kier alpha value is -3.06. The van der Waals surface area contributed by atoms with Gasteiger partial charge in [-0.05, 0) is 50.1 Å². The Bertz CT molecular complexity index is 955. The number of amides is 1. The fourth-order valence-electron chi connectivity index (χ4n) is 3.82. The van der Waals surface area contributed by atoms with E-state index in [4.69, 9.17) is 4.52 Å². The van der Waals surface area contributed by atoms with E-state index in [0.29, 0.717) is 23.8 Å². The maximum Gasteiger partial charge on any atom is 0.253 e. The number of pyridine rings is 2. The molecule has 1 aliphatic heterocycles. The van der Waals surface area contributed by atoms with Crippen molar-refractivity contribution in [1.29, 1.82) is 0 Å². The summed E-state index contributed by atoms with van der Waals surface area (Å²) in [5.41, 5.74) is 3.57. The first-order valence-corrected chi connectivity index (χ1v) is 10.5. The van der Waals surface area contributed by atoms with E-state index >= 15 is 0 Å². The number of aromatic nitrogens is 3. The minimum Gasteiger partial charge on any atom is -0.359 e. The molecule has 0 radical (unpaired) electrons. The summed E-state index contributed by atoms with van der Waals surface area (Å²) in [6.45, 7) is 5.23. The number of carbonyl (C=O) groups excluding carboxylic acids is 1. The van der Waals surface area contributed by atoms with Crippen molar-refractivity contribution < 1.29 is 9.32 Å². The molecule has 0 spiro atoms. The van der Waals surface area contributed by atoms with Gasteiger partial charge in [-0.25, -0.2) is 0 Å². The van der Waals surface area contributed by atoms with Crippen LogP contribution in [0.5, 0.6) is 0 Å². The van der Waals surface area contributed by atoms with Gasteiger partial charge in [0.15, 0.2) is 5.76 Å². The summed E-state index contributed by atoms with van der Waals surface area (Å²) in [5.74, 6) is 0.866. The largest absolute Gasteiger partial charge is 0.359 e. The van der Waals surface area contributed by atoms with Crippen molar-refractivity contribution in [3.8, 4) is 0 Å². The first-order valence-electron chi connectivity index (χ1n) is 10.5. The van der Waals surface area contributed by atoms with Gasteiger partial charge in [-0.1, -0.05) is 18.1 Å². The van der Waals surface area contributed by atoms with Crippen LogP contribution in [0.2, 0.25) is 0 Å². The third-order valence-corrected chi connectivity index (χ3v) is 5.48. The number of carbonyl (C=O) groups is 1. The quantitative estimate of drug-likeness (QED) is 0.649. The molecule has 0 aliphatic carbocycles. The first-order chi connectivity index (χ1) is 14.7. The molecule has 1 unspecified atom stereocenters. The van der Waals surface area contributed by atoms with Crippen LogP contribution >= 0.6 is 0 Å². The zero-order valence-corrected chi connectivity index (χ0v) is 17.3. The van der Waals surface area contributed by atoms with Gasteiger partial charge in [-0.2, -0.15) is 0 Å². The minimum atomic E-state index is -0.163. The Balaban J connectivity index is 1.32. The fraction of sp³-hybridized carbons (Fsp3) is 0.391. The van der Waals surface area contributed by atoms with Crippen molar-refractivity contribution in [3.05, 3.63) is 77.2 Å². The number of nitrogens with one attached hydrogen (secondary N) is 1. The topological polar surface area (TPSA) is 84.2 Å². The normalized spacial score (nSPS) is 17.0. The highest BCUT2D eigenvalue weighted by molar-refractivity contribution is 5.93. The fourth-order valence-corrected chi connectivity index (χ4v) is 3.82. The summed E-state index contributed by atoms with van der Waals surface area (Å²) in [5, 5.41) is 6.79. The molecule has 7 nitrogen and oxygen atoms in total. The van der Waals surface area contributed by atoms with Gasteiger partial charge in [0.05, 0.1) is 23.5 Å². The van der Waals surface area contributed by atoms with Crippen LogP contribution < -0.4 is 5.32 Å². The number of likely N-dealkylation sites (tertiary alicyclic amines) is 1. The van der Waals surface area contributed by atoms with Crippen molar-refractivity contribution in [1.82, 2.24) is 25.3 Å². The smallest absolute Gasteiger partial charge is 0.253 e. The molecule has 1 N–H and O–H groups in total. The van der Waals surface area contributed by atoms with Crippen LogP contribution in [-0.2, 0) is 19.5 Å². The van der Waals surface area contributed by atoms with Gasteiger partial charge < -0.3 is 9.84 Å². The Morgan fingerprint density at radius 3 is 2.90 bits per heavy atom. The third-order valence-electron chi connectivity index (χ3n) is 5.48. The lowest BCUT2D eigenvalue weighted by Crippen LogP contribution is -2.34. The molecule has 3 aromatic heterocycles. The highest BCUT2D eigenvalue weighted by Gasteiger charge is 2.23. The molecule has 3 aromatic rings. The zero-order chi connectivity index (χ0) is 20.8. The van der Waals surface area contributed by atoms with Gasteiger partial charge in [0.2, 0.25) is 0 Å². The lowest BCUT2D eigenvalue weighted by atomic mass is 9.94. The molecule has 1 aliphatic rings. The van der Waals surface area contributed by atoms with Crippen LogP contribution in [-0.4, -0.2) is 39.0 Å². The number of rotatable bonds is 7. The van der Waals surface area contributed by atoms with Gasteiger partial charge >= 0.3 is 0 Å². The van der Waals surface area contributed by atoms with Crippen LogP contribution in [0.1, 0.15) is 58.9 Å². The summed E-state index contributed by atoms with van der Waals surface area (Å²) < 4.78 is 5.20. The lowest BCUT2D eigenvalue weighted by molar-refractivity contribution is 0.0946. The van der Waals surface area contributed by atoms with Crippen molar-refractivity contribution in [3.63, 3.8) is 0 Å². The maximum atomic E-state index is 12.4. The molecule has 156 valence electrons. The van der Waals surface area contributed by atoms with E-state index in [2.05, 4.69) is 31.4 Å². The van der Waals surface area contributed by atoms with Crippen molar-refractivity contribution >= 4 is 5.91 Å². The predicted molar refractivity (Wildman–Crippen MR) is 113 cm³/mol. The molecule has 1 amide bonds. The van der Waals surface area contributed by atoms with Crippen LogP contribution in [0.4, 0.5) is 0 Å². The average Bonchev–Trinajstić information content (AvgIpc) is 3.27. The monoisotopic (exact) mass is 405 g/mol. The van der Waals surface area contributed by atoms with Crippen LogP contribution in [0.25, 0.3) is 0 Å². The number of hydrogen-bond acceptors (Lipinski definition) is 6. The number of nitrogens with zero attached hydrogens (tertiary/aromatic N) is 4. The Kier molecular flexibility index (Phi) is 6.49. The number of piperidine rings is 1. The summed E-state index contributed by atoms with van der Waals surface area (Å²) in [4.78, 5) is 23.9. The van der Waals surface area contributed by atoms with E-state index in [0.717, 1.165) is 56.0 Å². The summed E-state index contributed by atoms with van der Waals surface area (Å²) in [7, 11) is 0. The SMILES string of the molecule is CCc1cc(CNC(=O)c2ccc(C3CCCN(Cc4ccccn4)C3)nc2)on1. The minimum absolute atomic E-state index is 0.163. The molecule has 1 saturated heterocycles. The van der Waals surface area contributed by atoms with Crippen molar-refractivity contribution in [2.45, 2.75) is 45.2 Å². The highest BCUT2D eigenvalue weighted by Crippen LogP contribution is 2.26. The summed E-state index contributed by atoms with van der Waals surface area (Å²) in [6.07, 6.45) is 6.57.